The molecular weight excluding hydrogens is 352 g/mol. The van der Waals surface area contributed by atoms with Crippen LogP contribution in [0.5, 0.6) is 0 Å². The van der Waals surface area contributed by atoms with Crippen molar-refractivity contribution in [2.24, 2.45) is 0 Å². The molecule has 0 amide bonds. The molecule has 0 unspecified atom stereocenters. The van der Waals surface area contributed by atoms with Crippen LogP contribution in [0.25, 0.3) is 33.6 Å². The second-order valence-electron chi connectivity index (χ2n) is 6.99. The van der Waals surface area contributed by atoms with Gasteiger partial charge in [-0.2, -0.15) is 0 Å². The van der Waals surface area contributed by atoms with E-state index in [0.29, 0.717) is 5.76 Å². The monoisotopic (exact) mass is 372 g/mol. The van der Waals surface area contributed by atoms with Crippen LogP contribution < -0.4 is 10.6 Å². The van der Waals surface area contributed by atoms with E-state index in [9.17, 15) is 0 Å². The number of hydrogen-bond donors (Lipinski definition) is 1. The minimum atomic E-state index is 0.249. The van der Waals surface area contributed by atoms with Gasteiger partial charge in [-0.1, -0.05) is 11.2 Å². The fourth-order valence-corrected chi connectivity index (χ4v) is 3.71. The second kappa shape index (κ2) is 6.92. The average Bonchev–Trinajstić information content (AvgIpc) is 3.18. The maximum Gasteiger partial charge on any atom is 0.220 e. The summed E-state index contributed by atoms with van der Waals surface area (Å²) in [5.41, 5.74) is 10.2. The molecule has 28 heavy (non-hydrogen) atoms. The van der Waals surface area contributed by atoms with Crippen LogP contribution >= 0.6 is 0 Å². The van der Waals surface area contributed by atoms with Gasteiger partial charge in [0.05, 0.1) is 11.1 Å². The van der Waals surface area contributed by atoms with Crippen molar-refractivity contribution < 1.29 is 4.52 Å². The molecule has 3 aromatic heterocycles. The van der Waals surface area contributed by atoms with Crippen LogP contribution in [0.2, 0.25) is 0 Å². The van der Waals surface area contributed by atoms with Gasteiger partial charge in [-0.3, -0.25) is 4.98 Å². The van der Waals surface area contributed by atoms with E-state index in [1.165, 1.54) is 24.9 Å². The lowest BCUT2D eigenvalue weighted by molar-refractivity contribution is 0.439. The molecule has 1 aliphatic heterocycles. The van der Waals surface area contributed by atoms with Crippen molar-refractivity contribution in [3.63, 3.8) is 0 Å². The van der Waals surface area contributed by atoms with Gasteiger partial charge in [-0.25, -0.2) is 9.97 Å². The number of fused-ring (bicyclic) bond motifs is 1. The summed E-state index contributed by atoms with van der Waals surface area (Å²) >= 11 is 0. The fourth-order valence-electron chi connectivity index (χ4n) is 3.71. The van der Waals surface area contributed by atoms with E-state index < -0.39 is 0 Å². The molecule has 2 N–H and O–H groups in total. The summed E-state index contributed by atoms with van der Waals surface area (Å²) < 4.78 is 5.67. The molecule has 5 rings (SSSR count). The lowest BCUT2D eigenvalue weighted by Gasteiger charge is -2.28. The van der Waals surface area contributed by atoms with Gasteiger partial charge >= 0.3 is 0 Å². The van der Waals surface area contributed by atoms with E-state index in [1.807, 2.05) is 30.5 Å². The van der Waals surface area contributed by atoms with E-state index in [4.69, 9.17) is 10.3 Å². The lowest BCUT2D eigenvalue weighted by atomic mass is 10.1. The van der Waals surface area contributed by atoms with Gasteiger partial charge in [0.2, 0.25) is 5.95 Å². The van der Waals surface area contributed by atoms with Crippen molar-refractivity contribution >= 4 is 22.5 Å². The first-order valence-corrected chi connectivity index (χ1v) is 9.48. The molecule has 7 nitrogen and oxygen atoms in total. The van der Waals surface area contributed by atoms with Crippen LogP contribution in [0.15, 0.2) is 53.3 Å². The number of nitrogens with zero attached hydrogens (tertiary/aromatic N) is 5. The Balaban J connectivity index is 1.57. The molecule has 1 saturated heterocycles. The molecule has 7 heteroatoms. The zero-order chi connectivity index (χ0) is 18.9. The third-order valence-electron chi connectivity index (χ3n) is 5.14. The summed E-state index contributed by atoms with van der Waals surface area (Å²) in [4.78, 5) is 15.2. The van der Waals surface area contributed by atoms with E-state index in [-0.39, 0.29) is 5.95 Å². The van der Waals surface area contributed by atoms with Crippen molar-refractivity contribution in [3.05, 3.63) is 48.8 Å². The van der Waals surface area contributed by atoms with Crippen molar-refractivity contribution in [1.29, 1.82) is 0 Å². The third kappa shape index (κ3) is 3.05. The highest BCUT2D eigenvalue weighted by Crippen LogP contribution is 2.32. The predicted molar refractivity (Wildman–Crippen MR) is 109 cm³/mol. The highest BCUT2D eigenvalue weighted by Gasteiger charge is 2.16. The maximum atomic E-state index is 5.73. The van der Waals surface area contributed by atoms with Crippen LogP contribution in [0.3, 0.4) is 0 Å². The fraction of sp³-hybridized carbons (Fsp3) is 0.238. The molecule has 0 aliphatic carbocycles. The van der Waals surface area contributed by atoms with Crippen molar-refractivity contribution in [3.8, 4) is 22.7 Å². The van der Waals surface area contributed by atoms with Crippen LogP contribution in [-0.4, -0.2) is 33.2 Å². The van der Waals surface area contributed by atoms with Gasteiger partial charge < -0.3 is 15.2 Å². The van der Waals surface area contributed by atoms with Crippen molar-refractivity contribution in [2.45, 2.75) is 19.3 Å². The predicted octanol–water partition coefficient (Wildman–Crippen LogP) is 3.92. The Morgan fingerprint density at radius 2 is 1.75 bits per heavy atom. The number of nitrogens with two attached hydrogens (primary N) is 1. The Hall–Kier alpha value is -3.48. The topological polar surface area (TPSA) is 94.0 Å². The second-order valence-corrected chi connectivity index (χ2v) is 6.99. The number of piperidine rings is 1. The molecule has 1 fully saturated rings. The number of pyridine rings is 1. The van der Waals surface area contributed by atoms with Gasteiger partial charge in [0.25, 0.3) is 0 Å². The van der Waals surface area contributed by atoms with E-state index >= 15 is 0 Å². The first-order chi connectivity index (χ1) is 13.8. The summed E-state index contributed by atoms with van der Waals surface area (Å²) in [5, 5.41) is 5.10. The smallest absolute Gasteiger partial charge is 0.220 e. The number of rotatable bonds is 3. The summed E-state index contributed by atoms with van der Waals surface area (Å²) in [5.74, 6) is 0.914. The van der Waals surface area contributed by atoms with Gasteiger partial charge in [-0.15, -0.1) is 0 Å². The summed E-state index contributed by atoms with van der Waals surface area (Å²) in [6, 6.07) is 11.9. The molecule has 140 valence electrons. The molecule has 1 aromatic carbocycles. The zero-order valence-electron chi connectivity index (χ0n) is 15.4. The molecule has 0 saturated carbocycles. The first-order valence-electron chi connectivity index (χ1n) is 9.48. The third-order valence-corrected chi connectivity index (χ3v) is 5.14. The summed E-state index contributed by atoms with van der Waals surface area (Å²) in [6.07, 6.45) is 7.25. The highest BCUT2D eigenvalue weighted by molar-refractivity contribution is 5.93. The van der Waals surface area contributed by atoms with Crippen LogP contribution in [0, 0.1) is 0 Å². The number of benzene rings is 1. The van der Waals surface area contributed by atoms with Crippen LogP contribution in [0.4, 0.5) is 11.6 Å². The van der Waals surface area contributed by atoms with Crippen LogP contribution in [-0.2, 0) is 0 Å². The highest BCUT2D eigenvalue weighted by atomic mass is 16.5. The Labute approximate surface area is 162 Å². The van der Waals surface area contributed by atoms with E-state index in [0.717, 1.165) is 40.9 Å². The SMILES string of the molecule is Nc1nccc(-c2ccc3noc(-c4cc(N5CCCCC5)ccn4)c3c2)n1. The molecule has 0 spiro atoms. The normalized spacial score (nSPS) is 14.5. The molecule has 0 atom stereocenters. The Morgan fingerprint density at radius 3 is 2.61 bits per heavy atom. The van der Waals surface area contributed by atoms with E-state index in [1.54, 1.807) is 6.20 Å². The largest absolute Gasteiger partial charge is 0.371 e. The van der Waals surface area contributed by atoms with Crippen molar-refractivity contribution in [1.82, 2.24) is 20.1 Å². The minimum Gasteiger partial charge on any atom is -0.371 e. The number of nitrogen functional groups attached to an aromatic ring is 1. The molecule has 0 bridgehead atoms. The summed E-state index contributed by atoms with van der Waals surface area (Å²) in [6.45, 7) is 2.17. The molecule has 4 aromatic rings. The van der Waals surface area contributed by atoms with Crippen LogP contribution in [0.1, 0.15) is 19.3 Å². The standard InChI is InChI=1S/C21H20N6O/c22-21-24-9-7-17(25-21)14-4-5-18-16(12-14)20(28-26-18)19-13-15(6-8-23-19)27-10-2-1-3-11-27/h4-9,12-13H,1-3,10-11H2,(H2,22,24,25). The number of hydrogen-bond acceptors (Lipinski definition) is 7. The number of anilines is 2. The van der Waals surface area contributed by atoms with Gasteiger partial charge in [-0.05, 0) is 49.6 Å². The quantitative estimate of drug-likeness (QED) is 0.582. The van der Waals surface area contributed by atoms with E-state index in [2.05, 4.69) is 37.1 Å². The molecule has 0 radical (unpaired) electrons. The van der Waals surface area contributed by atoms with Crippen molar-refractivity contribution in [2.75, 3.05) is 23.7 Å². The summed E-state index contributed by atoms with van der Waals surface area (Å²) in [7, 11) is 0. The first kappa shape index (κ1) is 16.7. The lowest BCUT2D eigenvalue weighted by Crippen LogP contribution is -2.29. The minimum absolute atomic E-state index is 0.249. The maximum absolute atomic E-state index is 5.73. The molecule has 4 heterocycles. The average molecular weight is 372 g/mol. The molecule has 1 aliphatic rings. The van der Waals surface area contributed by atoms with Gasteiger partial charge in [0.1, 0.15) is 11.2 Å². The Kier molecular flexibility index (Phi) is 4.12. The Morgan fingerprint density at radius 1 is 0.893 bits per heavy atom. The molecular formula is C21H20N6O. The van der Waals surface area contributed by atoms with Gasteiger partial charge in [0.15, 0.2) is 5.76 Å². The van der Waals surface area contributed by atoms with Gasteiger partial charge in [0, 0.05) is 36.7 Å². The Bertz CT molecular complexity index is 1130. The number of aromatic nitrogens is 4. The zero-order valence-corrected chi connectivity index (χ0v) is 15.4.